The molecule has 19 heavy (non-hydrogen) atoms. The Hall–Kier alpha value is -0.610. The maximum Gasteiger partial charge on any atom is 0.124 e. The van der Waals surface area contributed by atoms with Crippen LogP contribution in [0.3, 0.4) is 0 Å². The maximum absolute atomic E-state index is 13.2. The first-order valence-electron chi connectivity index (χ1n) is 6.96. The first kappa shape index (κ1) is 13.4. The van der Waals surface area contributed by atoms with Crippen LogP contribution < -0.4 is 10.2 Å². The fraction of sp³-hybridized carbons (Fsp3) is 0.600. The van der Waals surface area contributed by atoms with Crippen LogP contribution in [0.5, 0.6) is 0 Å². The van der Waals surface area contributed by atoms with E-state index in [1.54, 1.807) is 12.1 Å². The smallest absolute Gasteiger partial charge is 0.124 e. The minimum absolute atomic E-state index is 0.191. The molecule has 1 saturated heterocycles. The van der Waals surface area contributed by atoms with Crippen molar-refractivity contribution in [3.05, 3.63) is 28.5 Å². The average molecular weight is 327 g/mol. The van der Waals surface area contributed by atoms with Gasteiger partial charge in [0.15, 0.2) is 0 Å². The molecule has 0 bridgehead atoms. The first-order valence-corrected chi connectivity index (χ1v) is 7.75. The lowest BCUT2D eigenvalue weighted by Crippen LogP contribution is -2.63. The van der Waals surface area contributed by atoms with Crippen molar-refractivity contribution in [3.63, 3.8) is 0 Å². The Labute approximate surface area is 122 Å². The standard InChI is InChI=1S/C15H20BrFN2/c1-10-8-18-15(2,11-3-4-11)9-19(10)14-6-5-12(17)7-13(14)16/h5-7,10-11,18H,3-4,8-9H2,1-2H3. The van der Waals surface area contributed by atoms with Gasteiger partial charge in [0.2, 0.25) is 0 Å². The lowest BCUT2D eigenvalue weighted by atomic mass is 9.91. The zero-order chi connectivity index (χ0) is 13.6. The summed E-state index contributed by atoms with van der Waals surface area (Å²) in [5, 5.41) is 3.71. The van der Waals surface area contributed by atoms with E-state index in [9.17, 15) is 4.39 Å². The van der Waals surface area contributed by atoms with Gasteiger partial charge in [-0.3, -0.25) is 0 Å². The zero-order valence-corrected chi connectivity index (χ0v) is 13.0. The summed E-state index contributed by atoms with van der Waals surface area (Å²) in [5.41, 5.74) is 1.29. The number of rotatable bonds is 2. The molecule has 0 spiro atoms. The number of anilines is 1. The molecule has 1 aliphatic heterocycles. The molecule has 1 aromatic rings. The van der Waals surface area contributed by atoms with Crippen molar-refractivity contribution in [2.45, 2.75) is 38.3 Å². The first-order chi connectivity index (χ1) is 8.99. The Balaban J connectivity index is 1.88. The van der Waals surface area contributed by atoms with Crippen molar-refractivity contribution in [2.24, 2.45) is 5.92 Å². The molecular formula is C15H20BrFN2. The number of piperazine rings is 1. The van der Waals surface area contributed by atoms with Crippen molar-refractivity contribution in [1.82, 2.24) is 5.32 Å². The highest BCUT2D eigenvalue weighted by Gasteiger charge is 2.45. The van der Waals surface area contributed by atoms with Gasteiger partial charge in [-0.1, -0.05) is 0 Å². The highest BCUT2D eigenvalue weighted by molar-refractivity contribution is 9.10. The zero-order valence-electron chi connectivity index (χ0n) is 11.4. The number of halogens is 2. The SMILES string of the molecule is CC1CNC(C)(C2CC2)CN1c1ccc(F)cc1Br. The van der Waals surface area contributed by atoms with E-state index in [-0.39, 0.29) is 11.4 Å². The van der Waals surface area contributed by atoms with Gasteiger partial charge in [-0.05, 0) is 66.7 Å². The summed E-state index contributed by atoms with van der Waals surface area (Å²) in [6.07, 6.45) is 2.66. The van der Waals surface area contributed by atoms with Crippen LogP contribution in [0.15, 0.2) is 22.7 Å². The van der Waals surface area contributed by atoms with E-state index in [1.165, 1.54) is 12.8 Å². The van der Waals surface area contributed by atoms with E-state index < -0.39 is 0 Å². The van der Waals surface area contributed by atoms with Crippen LogP contribution >= 0.6 is 15.9 Å². The molecule has 2 atom stereocenters. The van der Waals surface area contributed by atoms with Gasteiger partial charge in [0.25, 0.3) is 0 Å². The third kappa shape index (κ3) is 2.52. The summed E-state index contributed by atoms with van der Waals surface area (Å²) in [7, 11) is 0. The van der Waals surface area contributed by atoms with Crippen LogP contribution in [0, 0.1) is 11.7 Å². The van der Waals surface area contributed by atoms with Gasteiger partial charge in [0, 0.05) is 29.1 Å². The molecule has 2 fully saturated rings. The van der Waals surface area contributed by atoms with E-state index in [2.05, 4.69) is 40.0 Å². The number of benzene rings is 1. The molecule has 2 unspecified atom stereocenters. The molecule has 1 aromatic carbocycles. The molecular weight excluding hydrogens is 307 g/mol. The molecule has 2 nitrogen and oxygen atoms in total. The van der Waals surface area contributed by atoms with Gasteiger partial charge >= 0.3 is 0 Å². The molecule has 0 radical (unpaired) electrons. The fourth-order valence-electron chi connectivity index (χ4n) is 3.09. The molecule has 1 aliphatic carbocycles. The minimum atomic E-state index is -0.191. The van der Waals surface area contributed by atoms with Crippen molar-refractivity contribution >= 4 is 21.6 Å². The lowest BCUT2D eigenvalue weighted by molar-refractivity contribution is 0.260. The predicted octanol–water partition coefficient (Wildman–Crippen LogP) is 3.56. The normalized spacial score (nSPS) is 31.6. The van der Waals surface area contributed by atoms with Crippen molar-refractivity contribution in [2.75, 3.05) is 18.0 Å². The van der Waals surface area contributed by atoms with E-state index >= 15 is 0 Å². The predicted molar refractivity (Wildman–Crippen MR) is 80.0 cm³/mol. The van der Waals surface area contributed by atoms with E-state index in [0.717, 1.165) is 29.2 Å². The van der Waals surface area contributed by atoms with Crippen LogP contribution in [0.2, 0.25) is 0 Å². The van der Waals surface area contributed by atoms with Gasteiger partial charge in [-0.2, -0.15) is 0 Å². The molecule has 2 aliphatic rings. The molecule has 0 amide bonds. The van der Waals surface area contributed by atoms with Crippen LogP contribution in [0.1, 0.15) is 26.7 Å². The van der Waals surface area contributed by atoms with E-state index in [4.69, 9.17) is 0 Å². The quantitative estimate of drug-likeness (QED) is 0.894. The van der Waals surface area contributed by atoms with Crippen LogP contribution in [0.4, 0.5) is 10.1 Å². The molecule has 4 heteroatoms. The molecule has 1 heterocycles. The van der Waals surface area contributed by atoms with E-state index in [1.807, 2.05) is 6.07 Å². The van der Waals surface area contributed by atoms with Crippen molar-refractivity contribution in [1.29, 1.82) is 0 Å². The van der Waals surface area contributed by atoms with E-state index in [0.29, 0.717) is 6.04 Å². The summed E-state index contributed by atoms with van der Waals surface area (Å²) < 4.78 is 14.1. The minimum Gasteiger partial charge on any atom is -0.365 e. The van der Waals surface area contributed by atoms with Crippen molar-refractivity contribution in [3.8, 4) is 0 Å². The lowest BCUT2D eigenvalue weighted by Gasteiger charge is -2.47. The molecule has 1 saturated carbocycles. The largest absolute Gasteiger partial charge is 0.365 e. The Morgan fingerprint density at radius 3 is 2.79 bits per heavy atom. The third-order valence-corrected chi connectivity index (χ3v) is 5.16. The summed E-state index contributed by atoms with van der Waals surface area (Å²) in [5.74, 6) is 0.602. The number of hydrogen-bond acceptors (Lipinski definition) is 2. The van der Waals surface area contributed by atoms with Gasteiger partial charge in [-0.25, -0.2) is 4.39 Å². The highest BCUT2D eigenvalue weighted by Crippen LogP contribution is 2.42. The molecule has 3 rings (SSSR count). The summed E-state index contributed by atoms with van der Waals surface area (Å²) in [6.45, 7) is 6.51. The Kier molecular flexibility index (Phi) is 3.34. The Morgan fingerprint density at radius 1 is 1.42 bits per heavy atom. The summed E-state index contributed by atoms with van der Waals surface area (Å²) in [6, 6.07) is 5.41. The highest BCUT2D eigenvalue weighted by atomic mass is 79.9. The van der Waals surface area contributed by atoms with Crippen molar-refractivity contribution < 1.29 is 4.39 Å². The van der Waals surface area contributed by atoms with Crippen LogP contribution in [-0.4, -0.2) is 24.7 Å². The average Bonchev–Trinajstić information content (AvgIpc) is 3.17. The van der Waals surface area contributed by atoms with Gasteiger partial charge < -0.3 is 10.2 Å². The second-order valence-corrected chi connectivity index (χ2v) is 7.00. The van der Waals surface area contributed by atoms with Gasteiger partial charge in [0.1, 0.15) is 5.82 Å². The number of nitrogens with one attached hydrogen (secondary N) is 1. The maximum atomic E-state index is 13.2. The van der Waals surface area contributed by atoms with Gasteiger partial charge in [-0.15, -0.1) is 0 Å². The monoisotopic (exact) mass is 326 g/mol. The van der Waals surface area contributed by atoms with Crippen LogP contribution in [0.25, 0.3) is 0 Å². The second kappa shape index (κ2) is 4.74. The van der Waals surface area contributed by atoms with Gasteiger partial charge in [0.05, 0.1) is 5.69 Å². The second-order valence-electron chi connectivity index (χ2n) is 6.15. The third-order valence-electron chi connectivity index (χ3n) is 4.53. The molecule has 0 aromatic heterocycles. The Bertz CT molecular complexity index is 489. The van der Waals surface area contributed by atoms with Crippen LogP contribution in [-0.2, 0) is 0 Å². The molecule has 1 N–H and O–H groups in total. The number of hydrogen-bond donors (Lipinski definition) is 1. The summed E-state index contributed by atoms with van der Waals surface area (Å²) >= 11 is 3.50. The Morgan fingerprint density at radius 2 is 2.16 bits per heavy atom. The topological polar surface area (TPSA) is 15.3 Å². The number of nitrogens with zero attached hydrogens (tertiary/aromatic N) is 1. The summed E-state index contributed by atoms with van der Waals surface area (Å²) in [4.78, 5) is 2.40. The fourth-order valence-corrected chi connectivity index (χ4v) is 3.67. The molecule has 104 valence electrons.